The fourth-order valence-electron chi connectivity index (χ4n) is 0.645. The van der Waals surface area contributed by atoms with Crippen LogP contribution in [0.5, 0.6) is 0 Å². The zero-order valence-electron chi connectivity index (χ0n) is 6.96. The quantitative estimate of drug-likeness (QED) is 0.280. The number of hydrogen-bond acceptors (Lipinski definition) is 3. The van der Waals surface area contributed by atoms with Gasteiger partial charge in [-0.15, -0.1) is 0 Å². The van der Waals surface area contributed by atoms with Crippen LogP contribution in [0.1, 0.15) is 26.2 Å². The lowest BCUT2D eigenvalue weighted by molar-refractivity contribution is -0.132. The number of hydroxylamine groups is 1. The third-order valence-corrected chi connectivity index (χ3v) is 1.26. The average molecular weight is 158 g/mol. The molecule has 4 heteroatoms. The number of carbonyl (C=O) groups excluding carboxylic acids is 1. The molecular formula is C7H14N2O2. The van der Waals surface area contributed by atoms with Crippen LogP contribution in [0.3, 0.4) is 0 Å². The summed E-state index contributed by atoms with van der Waals surface area (Å²) in [6.45, 7) is 2.44. The smallest absolute Gasteiger partial charge is 0.320 e. The first-order valence-electron chi connectivity index (χ1n) is 3.66. The van der Waals surface area contributed by atoms with E-state index in [1.165, 1.54) is 0 Å². The van der Waals surface area contributed by atoms with Gasteiger partial charge in [0.1, 0.15) is 5.84 Å². The largest absolute Gasteiger partial charge is 0.346 e. The van der Waals surface area contributed by atoms with Crippen LogP contribution in [0, 0.1) is 0 Å². The summed E-state index contributed by atoms with van der Waals surface area (Å²) in [4.78, 5) is 18.0. The minimum atomic E-state index is 0.344. The van der Waals surface area contributed by atoms with Crippen molar-refractivity contribution in [1.82, 2.24) is 5.48 Å². The Labute approximate surface area is 66.6 Å². The molecule has 0 rings (SSSR count). The third-order valence-electron chi connectivity index (χ3n) is 1.26. The highest BCUT2D eigenvalue weighted by molar-refractivity contribution is 5.81. The Hall–Kier alpha value is -1.06. The van der Waals surface area contributed by atoms with Crippen molar-refractivity contribution in [2.24, 2.45) is 4.99 Å². The Kier molecular flexibility index (Phi) is 6.37. The summed E-state index contributed by atoms with van der Waals surface area (Å²) >= 11 is 0. The maximum atomic E-state index is 9.76. The molecule has 0 atom stereocenters. The van der Waals surface area contributed by atoms with Crippen molar-refractivity contribution >= 4 is 12.3 Å². The van der Waals surface area contributed by atoms with Crippen molar-refractivity contribution in [1.29, 1.82) is 0 Å². The van der Waals surface area contributed by atoms with Crippen molar-refractivity contribution < 1.29 is 9.63 Å². The van der Waals surface area contributed by atoms with Gasteiger partial charge in [-0.2, -0.15) is 0 Å². The number of aliphatic imine (C=N–C) groups is 1. The number of nitrogens with one attached hydrogen (secondary N) is 1. The van der Waals surface area contributed by atoms with Gasteiger partial charge in [0, 0.05) is 13.5 Å². The molecule has 0 spiro atoms. The molecule has 0 bridgehead atoms. The van der Waals surface area contributed by atoms with Crippen LogP contribution in [0.2, 0.25) is 0 Å². The normalized spacial score (nSPS) is 10.9. The van der Waals surface area contributed by atoms with Gasteiger partial charge in [-0.3, -0.25) is 9.79 Å². The van der Waals surface area contributed by atoms with Crippen LogP contribution in [-0.2, 0) is 9.63 Å². The Balaban J connectivity index is 3.50. The topological polar surface area (TPSA) is 50.7 Å². The maximum Gasteiger partial charge on any atom is 0.320 e. The number of amidine groups is 1. The summed E-state index contributed by atoms with van der Waals surface area (Å²) in [6.07, 6.45) is 2.96. The zero-order chi connectivity index (χ0) is 8.53. The summed E-state index contributed by atoms with van der Waals surface area (Å²) in [7, 11) is 1.66. The van der Waals surface area contributed by atoms with Gasteiger partial charge in [0.05, 0.1) is 0 Å². The zero-order valence-corrected chi connectivity index (χ0v) is 6.96. The molecule has 64 valence electrons. The fourth-order valence-corrected chi connectivity index (χ4v) is 0.645. The number of unbranched alkanes of at least 4 members (excludes halogenated alkanes) is 1. The third kappa shape index (κ3) is 5.39. The molecule has 0 fully saturated rings. The summed E-state index contributed by atoms with van der Waals surface area (Å²) < 4.78 is 0. The molecule has 0 aliphatic carbocycles. The predicted molar refractivity (Wildman–Crippen MR) is 43.2 cm³/mol. The van der Waals surface area contributed by atoms with E-state index in [0.29, 0.717) is 12.3 Å². The molecule has 0 saturated carbocycles. The van der Waals surface area contributed by atoms with Gasteiger partial charge in [0.25, 0.3) is 0 Å². The van der Waals surface area contributed by atoms with Crippen LogP contribution in [0.4, 0.5) is 0 Å². The first-order valence-corrected chi connectivity index (χ1v) is 3.66. The molecule has 0 aromatic carbocycles. The van der Waals surface area contributed by atoms with Gasteiger partial charge in [0.15, 0.2) is 0 Å². The number of carbonyl (C=O) groups is 1. The van der Waals surface area contributed by atoms with Crippen LogP contribution >= 0.6 is 0 Å². The molecule has 0 unspecified atom stereocenters. The van der Waals surface area contributed by atoms with Gasteiger partial charge in [-0.25, -0.2) is 5.48 Å². The van der Waals surface area contributed by atoms with Crippen molar-refractivity contribution in [3.8, 4) is 0 Å². The molecule has 0 saturated heterocycles. The van der Waals surface area contributed by atoms with Gasteiger partial charge in [-0.05, 0) is 6.42 Å². The summed E-state index contributed by atoms with van der Waals surface area (Å²) in [5, 5.41) is 0. The van der Waals surface area contributed by atoms with Crippen molar-refractivity contribution in [2.45, 2.75) is 26.2 Å². The second-order valence-corrected chi connectivity index (χ2v) is 2.09. The van der Waals surface area contributed by atoms with E-state index in [4.69, 9.17) is 0 Å². The summed E-state index contributed by atoms with van der Waals surface area (Å²) in [5.74, 6) is 0.707. The van der Waals surface area contributed by atoms with Gasteiger partial charge >= 0.3 is 6.47 Å². The van der Waals surface area contributed by atoms with E-state index in [1.54, 1.807) is 7.05 Å². The number of nitrogens with zero attached hydrogens (tertiary/aromatic N) is 1. The first kappa shape index (κ1) is 9.94. The molecule has 0 aliphatic rings. The molecule has 4 nitrogen and oxygen atoms in total. The highest BCUT2D eigenvalue weighted by Gasteiger charge is 1.95. The van der Waals surface area contributed by atoms with E-state index >= 15 is 0 Å². The maximum absolute atomic E-state index is 9.76. The molecule has 0 aromatic heterocycles. The lowest BCUT2D eigenvalue weighted by Gasteiger charge is -2.04. The van der Waals surface area contributed by atoms with Gasteiger partial charge in [0.2, 0.25) is 0 Å². The van der Waals surface area contributed by atoms with Gasteiger partial charge < -0.3 is 4.84 Å². The minimum absolute atomic E-state index is 0.344. The van der Waals surface area contributed by atoms with Crippen LogP contribution in [-0.4, -0.2) is 19.4 Å². The highest BCUT2D eigenvalue weighted by atomic mass is 16.7. The number of rotatable bonds is 5. The summed E-state index contributed by atoms with van der Waals surface area (Å²) in [5.41, 5.74) is 2.44. The van der Waals surface area contributed by atoms with Crippen LogP contribution in [0.15, 0.2) is 4.99 Å². The van der Waals surface area contributed by atoms with Crippen molar-refractivity contribution in [3.05, 3.63) is 0 Å². The molecule has 1 N–H and O–H groups in total. The number of hydrogen-bond donors (Lipinski definition) is 1. The Bertz CT molecular complexity index is 134. The van der Waals surface area contributed by atoms with Gasteiger partial charge in [-0.1, -0.05) is 13.3 Å². The molecule has 0 aromatic rings. The second-order valence-electron chi connectivity index (χ2n) is 2.09. The Morgan fingerprint density at radius 2 is 2.45 bits per heavy atom. The SMILES string of the molecule is CCCCC(=NC)NOC=O. The van der Waals surface area contributed by atoms with E-state index < -0.39 is 0 Å². The Morgan fingerprint density at radius 3 is 2.91 bits per heavy atom. The monoisotopic (exact) mass is 158 g/mol. The van der Waals surface area contributed by atoms with E-state index in [0.717, 1.165) is 19.3 Å². The average Bonchev–Trinajstić information content (AvgIpc) is 2.05. The molecule has 0 heterocycles. The van der Waals surface area contributed by atoms with E-state index in [2.05, 4.69) is 22.2 Å². The summed E-state index contributed by atoms with van der Waals surface area (Å²) in [6, 6.07) is 0. The highest BCUT2D eigenvalue weighted by Crippen LogP contribution is 1.94. The Morgan fingerprint density at radius 1 is 1.73 bits per heavy atom. The van der Waals surface area contributed by atoms with Crippen molar-refractivity contribution in [2.75, 3.05) is 7.05 Å². The van der Waals surface area contributed by atoms with E-state index in [-0.39, 0.29) is 0 Å². The van der Waals surface area contributed by atoms with Crippen LogP contribution < -0.4 is 5.48 Å². The van der Waals surface area contributed by atoms with E-state index in [9.17, 15) is 4.79 Å². The molecule has 11 heavy (non-hydrogen) atoms. The molecule has 0 aliphatic heterocycles. The van der Waals surface area contributed by atoms with Crippen LogP contribution in [0.25, 0.3) is 0 Å². The minimum Gasteiger partial charge on any atom is -0.346 e. The predicted octanol–water partition coefficient (Wildman–Crippen LogP) is 0.882. The van der Waals surface area contributed by atoms with E-state index in [1.807, 2.05) is 0 Å². The fraction of sp³-hybridized carbons (Fsp3) is 0.714. The lowest BCUT2D eigenvalue weighted by atomic mass is 10.2. The molecule has 0 radical (unpaired) electrons. The lowest BCUT2D eigenvalue weighted by Crippen LogP contribution is -2.22. The molecule has 0 amide bonds. The molecular weight excluding hydrogens is 144 g/mol. The van der Waals surface area contributed by atoms with Crippen molar-refractivity contribution in [3.63, 3.8) is 0 Å². The first-order chi connectivity index (χ1) is 5.35. The second kappa shape index (κ2) is 7.05. The standard InChI is InChI=1S/C7H14N2O2/c1-3-4-5-7(8-2)9-11-6-10/h6H,3-5H2,1-2H3,(H,8,9).